The number of ketones is 1. The van der Waals surface area contributed by atoms with Crippen molar-refractivity contribution in [1.29, 1.82) is 0 Å². The minimum absolute atomic E-state index is 0.0946. The second-order valence-electron chi connectivity index (χ2n) is 4.74. The molecule has 0 aromatic heterocycles. The summed E-state index contributed by atoms with van der Waals surface area (Å²) in [4.78, 5) is 24.4. The van der Waals surface area contributed by atoms with Gasteiger partial charge in [-0.3, -0.25) is 9.59 Å². The molecule has 4 heteroatoms. The summed E-state index contributed by atoms with van der Waals surface area (Å²) in [6.45, 7) is 9.83. The molecule has 0 aliphatic heterocycles. The van der Waals surface area contributed by atoms with Crippen LogP contribution in [-0.4, -0.2) is 31.1 Å². The molecule has 0 fully saturated rings. The average molecular weight is 258 g/mol. The molecule has 1 atom stereocenters. The zero-order valence-electron chi connectivity index (χ0n) is 12.4. The predicted octanol–water partition coefficient (Wildman–Crippen LogP) is 2.60. The standard InChI is InChI=1S/C14H26O4/c1-7-14(8-2,18-9-3)12(15)11(10(4)5)13(16)17-6/h10-11H,7-9H2,1-6H3. The Labute approximate surface area is 110 Å². The maximum Gasteiger partial charge on any atom is 0.316 e. The molecule has 4 nitrogen and oxygen atoms in total. The Kier molecular flexibility index (Phi) is 7.14. The van der Waals surface area contributed by atoms with Crippen LogP contribution in [0.2, 0.25) is 0 Å². The number of ether oxygens (including phenoxy) is 2. The van der Waals surface area contributed by atoms with Gasteiger partial charge in [0.15, 0.2) is 5.78 Å². The fourth-order valence-corrected chi connectivity index (χ4v) is 2.24. The summed E-state index contributed by atoms with van der Waals surface area (Å²) in [5, 5.41) is 0. The lowest BCUT2D eigenvalue weighted by molar-refractivity contribution is -0.163. The molecular formula is C14H26O4. The number of hydrogen-bond donors (Lipinski definition) is 0. The third-order valence-electron chi connectivity index (χ3n) is 3.42. The molecule has 0 saturated heterocycles. The highest BCUT2D eigenvalue weighted by Crippen LogP contribution is 2.29. The highest BCUT2D eigenvalue weighted by molar-refractivity contribution is 6.03. The van der Waals surface area contributed by atoms with Crippen molar-refractivity contribution in [3.05, 3.63) is 0 Å². The van der Waals surface area contributed by atoms with Crippen LogP contribution in [0.1, 0.15) is 47.5 Å². The monoisotopic (exact) mass is 258 g/mol. The van der Waals surface area contributed by atoms with Crippen LogP contribution in [0, 0.1) is 11.8 Å². The van der Waals surface area contributed by atoms with Gasteiger partial charge in [-0.2, -0.15) is 0 Å². The Morgan fingerprint density at radius 2 is 1.61 bits per heavy atom. The molecule has 1 unspecified atom stereocenters. The Hall–Kier alpha value is -0.900. The van der Waals surface area contributed by atoms with Gasteiger partial charge >= 0.3 is 5.97 Å². The summed E-state index contributed by atoms with van der Waals surface area (Å²) in [5.74, 6) is -1.47. The summed E-state index contributed by atoms with van der Waals surface area (Å²) >= 11 is 0. The van der Waals surface area contributed by atoms with E-state index in [4.69, 9.17) is 9.47 Å². The topological polar surface area (TPSA) is 52.6 Å². The van der Waals surface area contributed by atoms with Crippen molar-refractivity contribution in [3.63, 3.8) is 0 Å². The van der Waals surface area contributed by atoms with E-state index in [2.05, 4.69) is 0 Å². The van der Waals surface area contributed by atoms with E-state index in [1.165, 1.54) is 7.11 Å². The van der Waals surface area contributed by atoms with Gasteiger partial charge in [-0.25, -0.2) is 0 Å². The summed E-state index contributed by atoms with van der Waals surface area (Å²) < 4.78 is 10.4. The van der Waals surface area contributed by atoms with Gasteiger partial charge in [0.25, 0.3) is 0 Å². The molecule has 0 bridgehead atoms. The molecule has 0 aromatic carbocycles. The molecular weight excluding hydrogens is 232 g/mol. The van der Waals surface area contributed by atoms with Crippen molar-refractivity contribution in [3.8, 4) is 0 Å². The van der Waals surface area contributed by atoms with Crippen molar-refractivity contribution in [2.45, 2.75) is 53.1 Å². The van der Waals surface area contributed by atoms with E-state index in [0.29, 0.717) is 19.4 Å². The molecule has 106 valence electrons. The van der Waals surface area contributed by atoms with Crippen molar-refractivity contribution in [2.75, 3.05) is 13.7 Å². The second kappa shape index (κ2) is 7.52. The number of esters is 1. The van der Waals surface area contributed by atoms with E-state index in [-0.39, 0.29) is 11.7 Å². The van der Waals surface area contributed by atoms with Crippen molar-refractivity contribution >= 4 is 11.8 Å². The molecule has 0 heterocycles. The predicted molar refractivity (Wildman–Crippen MR) is 70.3 cm³/mol. The van der Waals surface area contributed by atoms with Crippen LogP contribution in [0.4, 0.5) is 0 Å². The molecule has 0 aromatic rings. The Morgan fingerprint density at radius 1 is 1.11 bits per heavy atom. The van der Waals surface area contributed by atoms with E-state index in [9.17, 15) is 9.59 Å². The number of Topliss-reactive ketones (excluding diaryl/α,β-unsaturated/α-hetero) is 1. The fourth-order valence-electron chi connectivity index (χ4n) is 2.24. The molecule has 0 saturated carbocycles. The molecule has 0 radical (unpaired) electrons. The van der Waals surface area contributed by atoms with Crippen molar-refractivity contribution < 1.29 is 19.1 Å². The second-order valence-corrected chi connectivity index (χ2v) is 4.74. The van der Waals surface area contributed by atoms with Gasteiger partial charge in [-0.1, -0.05) is 27.7 Å². The minimum Gasteiger partial charge on any atom is -0.468 e. The average Bonchev–Trinajstić information content (AvgIpc) is 2.35. The van der Waals surface area contributed by atoms with E-state index in [0.717, 1.165) is 0 Å². The Bertz CT molecular complexity index is 280. The number of carbonyl (C=O) groups excluding carboxylic acids is 2. The van der Waals surface area contributed by atoms with Gasteiger partial charge in [-0.15, -0.1) is 0 Å². The van der Waals surface area contributed by atoms with Gasteiger partial charge in [0.05, 0.1) is 7.11 Å². The summed E-state index contributed by atoms with van der Waals surface area (Å²) in [7, 11) is 1.31. The number of hydrogen-bond acceptors (Lipinski definition) is 4. The molecule has 0 rings (SSSR count). The molecule has 0 N–H and O–H groups in total. The van der Waals surface area contributed by atoms with Crippen LogP contribution in [0.3, 0.4) is 0 Å². The van der Waals surface area contributed by atoms with Crippen LogP contribution < -0.4 is 0 Å². The molecule has 0 spiro atoms. The highest BCUT2D eigenvalue weighted by atomic mass is 16.5. The molecule has 0 amide bonds. The molecule has 0 aliphatic rings. The first-order chi connectivity index (χ1) is 8.40. The molecule has 18 heavy (non-hydrogen) atoms. The first-order valence-corrected chi connectivity index (χ1v) is 6.66. The fraction of sp³-hybridized carbons (Fsp3) is 0.857. The zero-order valence-corrected chi connectivity index (χ0v) is 12.4. The van der Waals surface area contributed by atoms with Gasteiger partial charge in [-0.05, 0) is 25.7 Å². The van der Waals surface area contributed by atoms with Crippen LogP contribution >= 0.6 is 0 Å². The maximum atomic E-state index is 12.6. The first-order valence-electron chi connectivity index (χ1n) is 6.66. The summed E-state index contributed by atoms with van der Waals surface area (Å²) in [6.07, 6.45) is 1.13. The Balaban J connectivity index is 5.31. The van der Waals surface area contributed by atoms with Crippen LogP contribution in [0.15, 0.2) is 0 Å². The maximum absolute atomic E-state index is 12.6. The highest BCUT2D eigenvalue weighted by Gasteiger charge is 2.44. The van der Waals surface area contributed by atoms with Gasteiger partial charge in [0.2, 0.25) is 0 Å². The third kappa shape index (κ3) is 3.55. The lowest BCUT2D eigenvalue weighted by atomic mass is 9.79. The van der Waals surface area contributed by atoms with Crippen LogP contribution in [0.25, 0.3) is 0 Å². The van der Waals surface area contributed by atoms with Gasteiger partial charge < -0.3 is 9.47 Å². The van der Waals surface area contributed by atoms with E-state index in [1.807, 2.05) is 34.6 Å². The lowest BCUT2D eigenvalue weighted by Crippen LogP contribution is -2.48. The molecule has 0 aliphatic carbocycles. The summed E-state index contributed by atoms with van der Waals surface area (Å²) in [6, 6.07) is 0. The van der Waals surface area contributed by atoms with Crippen molar-refractivity contribution in [1.82, 2.24) is 0 Å². The lowest BCUT2D eigenvalue weighted by Gasteiger charge is -2.33. The SMILES string of the molecule is CCOC(CC)(CC)C(=O)C(C(=O)OC)C(C)C. The number of carbonyl (C=O) groups is 2. The normalized spacial score (nSPS) is 13.5. The van der Waals surface area contributed by atoms with Crippen molar-refractivity contribution in [2.24, 2.45) is 11.8 Å². The largest absolute Gasteiger partial charge is 0.468 e. The smallest absolute Gasteiger partial charge is 0.316 e. The van der Waals surface area contributed by atoms with E-state index < -0.39 is 17.5 Å². The van der Waals surface area contributed by atoms with Crippen LogP contribution in [-0.2, 0) is 19.1 Å². The van der Waals surface area contributed by atoms with Gasteiger partial charge in [0.1, 0.15) is 11.5 Å². The van der Waals surface area contributed by atoms with Crippen LogP contribution in [0.5, 0.6) is 0 Å². The quantitative estimate of drug-likeness (QED) is 0.496. The number of methoxy groups -OCH3 is 1. The van der Waals surface area contributed by atoms with Gasteiger partial charge in [0, 0.05) is 6.61 Å². The minimum atomic E-state index is -0.863. The zero-order chi connectivity index (χ0) is 14.3. The first kappa shape index (κ1) is 17.1. The third-order valence-corrected chi connectivity index (χ3v) is 3.42. The van der Waals surface area contributed by atoms with E-state index >= 15 is 0 Å². The Morgan fingerprint density at radius 3 is 1.89 bits per heavy atom. The van der Waals surface area contributed by atoms with E-state index in [1.54, 1.807) is 0 Å². The number of rotatable bonds is 8. The summed E-state index contributed by atoms with van der Waals surface area (Å²) in [5.41, 5.74) is -0.863.